The smallest absolute Gasteiger partial charge is 0.255 e. The molecule has 146 valence electrons. The molecular weight excluding hydrogens is 362 g/mol. The molecule has 2 aromatic rings. The molecule has 7 heteroatoms. The third kappa shape index (κ3) is 4.26. The van der Waals surface area contributed by atoms with Gasteiger partial charge in [-0.25, -0.2) is 4.98 Å². The second kappa shape index (κ2) is 8.74. The van der Waals surface area contributed by atoms with Gasteiger partial charge in [0.1, 0.15) is 5.82 Å². The number of amides is 1. The van der Waals surface area contributed by atoms with E-state index in [1.165, 1.54) is 17.7 Å². The number of carbonyl (C=O) groups is 1. The van der Waals surface area contributed by atoms with Gasteiger partial charge >= 0.3 is 0 Å². The Labute approximate surface area is 165 Å². The zero-order valence-corrected chi connectivity index (χ0v) is 17.1. The number of rotatable bonds is 6. The summed E-state index contributed by atoms with van der Waals surface area (Å²) in [5, 5.41) is 8.38. The van der Waals surface area contributed by atoms with Crippen LogP contribution in [0, 0.1) is 0 Å². The molecule has 0 aromatic carbocycles. The van der Waals surface area contributed by atoms with Gasteiger partial charge < -0.3 is 10.2 Å². The number of nitrogens with one attached hydrogen (secondary N) is 1. The number of anilines is 1. The third-order valence-corrected chi connectivity index (χ3v) is 5.48. The Bertz CT molecular complexity index is 811. The molecule has 3 rings (SSSR count). The van der Waals surface area contributed by atoms with Gasteiger partial charge in [-0.05, 0) is 38.2 Å². The SMILES string of the molecule is CCc1nn(C)c(CC)c1CNc1ncc(C(=O)N2CCCCC2)cc1Cl. The number of carbonyl (C=O) groups excluding carboxylic acids is 1. The number of hydrogen-bond donors (Lipinski definition) is 1. The van der Waals surface area contributed by atoms with Crippen molar-refractivity contribution in [2.75, 3.05) is 18.4 Å². The number of nitrogens with zero attached hydrogens (tertiary/aromatic N) is 4. The highest BCUT2D eigenvalue weighted by molar-refractivity contribution is 6.33. The summed E-state index contributed by atoms with van der Waals surface area (Å²) >= 11 is 6.41. The minimum atomic E-state index is 0.0180. The fraction of sp³-hybridized carbons (Fsp3) is 0.550. The molecular formula is C20H28ClN5O. The van der Waals surface area contributed by atoms with Crippen LogP contribution in [0.15, 0.2) is 12.3 Å². The minimum Gasteiger partial charge on any atom is -0.365 e. The summed E-state index contributed by atoms with van der Waals surface area (Å²) in [5.41, 5.74) is 4.06. The number of aromatic nitrogens is 3. The van der Waals surface area contributed by atoms with Crippen LogP contribution in [0.5, 0.6) is 0 Å². The Morgan fingerprint density at radius 1 is 1.22 bits per heavy atom. The molecule has 1 aliphatic heterocycles. The molecule has 27 heavy (non-hydrogen) atoms. The number of likely N-dealkylation sites (tertiary alicyclic amines) is 1. The van der Waals surface area contributed by atoms with Crippen LogP contribution in [0.4, 0.5) is 5.82 Å². The molecule has 3 heterocycles. The average molecular weight is 390 g/mol. The van der Waals surface area contributed by atoms with Crippen LogP contribution in [0.25, 0.3) is 0 Å². The molecule has 0 radical (unpaired) electrons. The number of halogens is 1. The second-order valence-corrected chi connectivity index (χ2v) is 7.37. The van der Waals surface area contributed by atoms with E-state index in [2.05, 4.69) is 29.2 Å². The summed E-state index contributed by atoms with van der Waals surface area (Å²) in [4.78, 5) is 18.9. The Morgan fingerprint density at radius 3 is 2.59 bits per heavy atom. The van der Waals surface area contributed by atoms with Crippen molar-refractivity contribution in [2.45, 2.75) is 52.5 Å². The van der Waals surface area contributed by atoms with Gasteiger partial charge in [0.05, 0.1) is 16.3 Å². The van der Waals surface area contributed by atoms with E-state index in [0.717, 1.165) is 44.5 Å². The molecule has 2 aromatic heterocycles. The van der Waals surface area contributed by atoms with Crippen LogP contribution < -0.4 is 5.32 Å². The Hall–Kier alpha value is -2.08. The first-order valence-electron chi connectivity index (χ1n) is 9.77. The Kier molecular flexibility index (Phi) is 6.37. The van der Waals surface area contributed by atoms with Gasteiger partial charge in [-0.2, -0.15) is 5.10 Å². The first-order valence-corrected chi connectivity index (χ1v) is 10.1. The second-order valence-electron chi connectivity index (χ2n) is 6.96. The van der Waals surface area contributed by atoms with E-state index in [0.29, 0.717) is 22.9 Å². The fourth-order valence-electron chi connectivity index (χ4n) is 3.73. The lowest BCUT2D eigenvalue weighted by molar-refractivity contribution is 0.0724. The van der Waals surface area contributed by atoms with Crippen molar-refractivity contribution in [3.8, 4) is 0 Å². The van der Waals surface area contributed by atoms with Gasteiger partial charge in [-0.15, -0.1) is 0 Å². The summed E-state index contributed by atoms with van der Waals surface area (Å²) in [7, 11) is 1.98. The standard InChI is InChI=1S/C20H28ClN5O/c1-4-17-15(18(5-2)25(3)24-17)13-23-19-16(21)11-14(12-22-19)20(27)26-9-7-6-8-10-26/h11-12H,4-10,13H2,1-3H3,(H,22,23). The molecule has 0 spiro atoms. The van der Waals surface area contributed by atoms with Gasteiger partial charge in [0, 0.05) is 44.1 Å². The maximum Gasteiger partial charge on any atom is 0.255 e. The van der Waals surface area contributed by atoms with Crippen LogP contribution in [0.2, 0.25) is 5.02 Å². The molecule has 1 saturated heterocycles. The highest BCUT2D eigenvalue weighted by Gasteiger charge is 2.20. The van der Waals surface area contributed by atoms with Crippen molar-refractivity contribution in [3.05, 3.63) is 39.8 Å². The lowest BCUT2D eigenvalue weighted by atomic mass is 10.1. The minimum absolute atomic E-state index is 0.0180. The number of hydrogen-bond acceptors (Lipinski definition) is 4. The normalized spacial score (nSPS) is 14.4. The first kappa shape index (κ1) is 19.7. The fourth-order valence-corrected chi connectivity index (χ4v) is 3.96. The van der Waals surface area contributed by atoms with Crippen molar-refractivity contribution in [3.63, 3.8) is 0 Å². The number of piperidine rings is 1. The van der Waals surface area contributed by atoms with Crippen LogP contribution in [-0.2, 0) is 26.4 Å². The molecule has 0 atom stereocenters. The van der Waals surface area contributed by atoms with Gasteiger partial charge in [-0.3, -0.25) is 9.48 Å². The molecule has 0 saturated carbocycles. The quantitative estimate of drug-likeness (QED) is 0.815. The zero-order chi connectivity index (χ0) is 19.4. The molecule has 0 aliphatic carbocycles. The summed E-state index contributed by atoms with van der Waals surface area (Å²) < 4.78 is 1.95. The van der Waals surface area contributed by atoms with E-state index >= 15 is 0 Å². The molecule has 0 unspecified atom stereocenters. The van der Waals surface area contributed by atoms with Crippen LogP contribution in [-0.4, -0.2) is 38.7 Å². The molecule has 1 N–H and O–H groups in total. The molecule has 0 bridgehead atoms. The van der Waals surface area contributed by atoms with Crippen molar-refractivity contribution < 1.29 is 4.79 Å². The monoisotopic (exact) mass is 389 g/mol. The Balaban J connectivity index is 1.72. The average Bonchev–Trinajstić information content (AvgIpc) is 3.01. The maximum absolute atomic E-state index is 12.6. The van der Waals surface area contributed by atoms with Crippen LogP contribution in [0.3, 0.4) is 0 Å². The largest absolute Gasteiger partial charge is 0.365 e. The van der Waals surface area contributed by atoms with E-state index in [1.807, 2.05) is 16.6 Å². The Morgan fingerprint density at radius 2 is 1.96 bits per heavy atom. The highest BCUT2D eigenvalue weighted by Crippen LogP contribution is 2.24. The van der Waals surface area contributed by atoms with Gasteiger partial charge in [0.15, 0.2) is 0 Å². The van der Waals surface area contributed by atoms with Crippen molar-refractivity contribution in [2.24, 2.45) is 7.05 Å². The predicted molar refractivity (Wildman–Crippen MR) is 108 cm³/mol. The molecule has 1 aliphatic rings. The lowest BCUT2D eigenvalue weighted by Gasteiger charge is -2.26. The van der Waals surface area contributed by atoms with Crippen LogP contribution >= 0.6 is 11.6 Å². The first-order chi connectivity index (χ1) is 13.0. The van der Waals surface area contributed by atoms with Gasteiger partial charge in [0.2, 0.25) is 0 Å². The van der Waals surface area contributed by atoms with Gasteiger partial charge in [0.25, 0.3) is 5.91 Å². The van der Waals surface area contributed by atoms with Gasteiger partial charge in [-0.1, -0.05) is 25.4 Å². The third-order valence-electron chi connectivity index (χ3n) is 5.19. The summed E-state index contributed by atoms with van der Waals surface area (Å²) in [5.74, 6) is 0.615. The molecule has 1 fully saturated rings. The van der Waals surface area contributed by atoms with E-state index in [4.69, 9.17) is 11.6 Å². The molecule has 1 amide bonds. The summed E-state index contributed by atoms with van der Waals surface area (Å²) in [6.07, 6.45) is 6.75. The van der Waals surface area contributed by atoms with Crippen molar-refractivity contribution in [1.29, 1.82) is 0 Å². The van der Waals surface area contributed by atoms with Crippen molar-refractivity contribution >= 4 is 23.3 Å². The number of pyridine rings is 1. The zero-order valence-electron chi connectivity index (χ0n) is 16.4. The van der Waals surface area contributed by atoms with E-state index in [1.54, 1.807) is 12.3 Å². The predicted octanol–water partition coefficient (Wildman–Crippen LogP) is 3.83. The van der Waals surface area contributed by atoms with Crippen molar-refractivity contribution in [1.82, 2.24) is 19.7 Å². The summed E-state index contributed by atoms with van der Waals surface area (Å²) in [6, 6.07) is 1.72. The van der Waals surface area contributed by atoms with E-state index in [9.17, 15) is 4.79 Å². The van der Waals surface area contributed by atoms with E-state index in [-0.39, 0.29) is 5.91 Å². The highest BCUT2D eigenvalue weighted by atomic mass is 35.5. The maximum atomic E-state index is 12.6. The number of aryl methyl sites for hydroxylation is 2. The topological polar surface area (TPSA) is 63.1 Å². The molecule has 6 nitrogen and oxygen atoms in total. The lowest BCUT2D eigenvalue weighted by Crippen LogP contribution is -2.35. The van der Waals surface area contributed by atoms with Crippen LogP contribution in [0.1, 0.15) is 60.4 Å². The van der Waals surface area contributed by atoms with E-state index < -0.39 is 0 Å². The summed E-state index contributed by atoms with van der Waals surface area (Å²) in [6.45, 7) is 6.49.